The van der Waals surface area contributed by atoms with E-state index in [2.05, 4.69) is 38.1 Å². The van der Waals surface area contributed by atoms with Gasteiger partial charge in [0.15, 0.2) is 5.66 Å². The van der Waals surface area contributed by atoms with E-state index in [4.69, 9.17) is 11.5 Å². The van der Waals surface area contributed by atoms with Crippen LogP contribution < -0.4 is 16.9 Å². The maximum atomic E-state index is 6.56. The highest BCUT2D eigenvalue weighted by molar-refractivity contribution is 14.1. The molecule has 0 bridgehead atoms. The number of rotatable bonds is 2. The predicted octanol–water partition coefficient (Wildman–Crippen LogP) is 1.72. The molecule has 5 nitrogen and oxygen atoms in total. The van der Waals surface area contributed by atoms with Gasteiger partial charge >= 0.3 is 0 Å². The molecular weight excluding hydrogens is 377 g/mol. The lowest BCUT2D eigenvalue weighted by Crippen LogP contribution is -2.51. The summed E-state index contributed by atoms with van der Waals surface area (Å²) in [5, 5.41) is 4.32. The molecule has 21 heavy (non-hydrogen) atoms. The number of hydrogen-bond acceptors (Lipinski definition) is 5. The van der Waals surface area contributed by atoms with Crippen LogP contribution in [-0.2, 0) is 5.66 Å². The minimum absolute atomic E-state index is 0.204. The summed E-state index contributed by atoms with van der Waals surface area (Å²) in [4.78, 5) is 4.40. The highest BCUT2D eigenvalue weighted by atomic mass is 127. The van der Waals surface area contributed by atoms with Crippen molar-refractivity contribution in [2.45, 2.75) is 5.66 Å². The van der Waals surface area contributed by atoms with Crippen molar-refractivity contribution in [2.24, 2.45) is 21.6 Å². The third-order valence-corrected chi connectivity index (χ3v) is 3.99. The Balaban J connectivity index is 2.13. The van der Waals surface area contributed by atoms with E-state index in [0.717, 1.165) is 14.7 Å². The maximum absolute atomic E-state index is 6.56. The smallest absolute Gasteiger partial charge is 0.212 e. The molecule has 0 spiro atoms. The molecule has 0 aromatic heterocycles. The molecule has 106 valence electrons. The first-order valence-electron chi connectivity index (χ1n) is 6.39. The van der Waals surface area contributed by atoms with Gasteiger partial charge in [-0.25, -0.2) is 10.4 Å². The summed E-state index contributed by atoms with van der Waals surface area (Å²) in [6, 6.07) is 17.6. The summed E-state index contributed by atoms with van der Waals surface area (Å²) in [7, 11) is 0. The zero-order chi connectivity index (χ0) is 14.9. The molecule has 6 heteroatoms. The van der Waals surface area contributed by atoms with Crippen LogP contribution in [0.2, 0.25) is 0 Å². The van der Waals surface area contributed by atoms with Crippen LogP contribution in [0.15, 0.2) is 64.7 Å². The molecule has 0 saturated heterocycles. The van der Waals surface area contributed by atoms with Gasteiger partial charge in [0.05, 0.1) is 0 Å². The quantitative estimate of drug-likeness (QED) is 0.682. The molecule has 0 radical (unpaired) electrons. The van der Waals surface area contributed by atoms with Crippen LogP contribution in [0.1, 0.15) is 11.1 Å². The molecule has 2 aromatic rings. The van der Waals surface area contributed by atoms with Crippen molar-refractivity contribution in [3.05, 3.63) is 69.3 Å². The van der Waals surface area contributed by atoms with Crippen LogP contribution in [0.25, 0.3) is 0 Å². The summed E-state index contributed by atoms with van der Waals surface area (Å²) in [5.74, 6) is 0.204. The fourth-order valence-electron chi connectivity index (χ4n) is 2.25. The molecule has 3 rings (SSSR count). The standard InChI is InChI=1S/C15H14IN5/c16-12-8-6-11(7-9-12)15(18)13(20-21-14(17)19-15)10-4-2-1-3-5-10/h1-9H,18H2,(H3,17,19,21). The lowest BCUT2D eigenvalue weighted by Gasteiger charge is -2.31. The SMILES string of the molecule is NC1=NC(N)(c2ccc(I)cc2)C(c2ccccc2)=NN1. The number of nitrogens with two attached hydrogens (primary N) is 2. The first-order chi connectivity index (χ1) is 10.1. The Morgan fingerprint density at radius 3 is 2.33 bits per heavy atom. The van der Waals surface area contributed by atoms with E-state index in [1.165, 1.54) is 0 Å². The molecule has 1 heterocycles. The van der Waals surface area contributed by atoms with Crippen LogP contribution in [0.3, 0.4) is 0 Å². The van der Waals surface area contributed by atoms with Gasteiger partial charge in [0.1, 0.15) is 5.71 Å². The van der Waals surface area contributed by atoms with Gasteiger partial charge in [-0.1, -0.05) is 42.5 Å². The van der Waals surface area contributed by atoms with Gasteiger partial charge in [-0.05, 0) is 34.7 Å². The van der Waals surface area contributed by atoms with Crippen molar-refractivity contribution in [1.29, 1.82) is 0 Å². The van der Waals surface area contributed by atoms with Crippen LogP contribution in [0.5, 0.6) is 0 Å². The molecule has 1 atom stereocenters. The minimum Gasteiger partial charge on any atom is -0.368 e. The van der Waals surface area contributed by atoms with Crippen molar-refractivity contribution in [2.75, 3.05) is 0 Å². The average molecular weight is 391 g/mol. The van der Waals surface area contributed by atoms with E-state index in [1.54, 1.807) is 0 Å². The lowest BCUT2D eigenvalue weighted by atomic mass is 9.90. The molecule has 0 saturated carbocycles. The van der Waals surface area contributed by atoms with Gasteiger partial charge in [-0.2, -0.15) is 5.10 Å². The second-order valence-electron chi connectivity index (χ2n) is 4.71. The highest BCUT2D eigenvalue weighted by Gasteiger charge is 2.37. The van der Waals surface area contributed by atoms with Gasteiger partial charge in [0, 0.05) is 14.7 Å². The summed E-state index contributed by atoms with van der Waals surface area (Å²) >= 11 is 2.25. The van der Waals surface area contributed by atoms with Crippen LogP contribution in [-0.4, -0.2) is 11.7 Å². The van der Waals surface area contributed by atoms with E-state index in [-0.39, 0.29) is 5.96 Å². The van der Waals surface area contributed by atoms with E-state index < -0.39 is 5.66 Å². The minimum atomic E-state index is -1.10. The van der Waals surface area contributed by atoms with Crippen molar-refractivity contribution in [3.8, 4) is 0 Å². The monoisotopic (exact) mass is 391 g/mol. The Morgan fingerprint density at radius 2 is 1.67 bits per heavy atom. The topological polar surface area (TPSA) is 88.8 Å². The number of hydrogen-bond donors (Lipinski definition) is 3. The largest absolute Gasteiger partial charge is 0.368 e. The second-order valence-corrected chi connectivity index (χ2v) is 5.95. The number of nitrogens with zero attached hydrogens (tertiary/aromatic N) is 2. The van der Waals surface area contributed by atoms with Gasteiger partial charge in [-0.3, -0.25) is 5.73 Å². The number of hydrazone groups is 1. The summed E-state index contributed by atoms with van der Waals surface area (Å²) in [6.07, 6.45) is 0. The Labute approximate surface area is 136 Å². The molecule has 2 aromatic carbocycles. The number of benzene rings is 2. The maximum Gasteiger partial charge on any atom is 0.212 e. The Bertz CT molecular complexity index is 709. The third-order valence-electron chi connectivity index (χ3n) is 3.27. The van der Waals surface area contributed by atoms with Crippen molar-refractivity contribution >= 4 is 34.3 Å². The fraction of sp³-hybridized carbons (Fsp3) is 0.0667. The normalized spacial score (nSPS) is 21.2. The number of nitrogens with one attached hydrogen (secondary N) is 1. The Kier molecular flexibility index (Phi) is 3.64. The molecule has 1 aliphatic heterocycles. The predicted molar refractivity (Wildman–Crippen MR) is 92.8 cm³/mol. The van der Waals surface area contributed by atoms with Crippen molar-refractivity contribution in [1.82, 2.24) is 5.43 Å². The first-order valence-corrected chi connectivity index (χ1v) is 7.47. The summed E-state index contributed by atoms with van der Waals surface area (Å²) in [6.45, 7) is 0. The lowest BCUT2D eigenvalue weighted by molar-refractivity contribution is 0.613. The molecule has 5 N–H and O–H groups in total. The van der Waals surface area contributed by atoms with E-state index in [9.17, 15) is 0 Å². The van der Waals surface area contributed by atoms with Crippen molar-refractivity contribution in [3.63, 3.8) is 0 Å². The Hall–Kier alpha value is -1.93. The number of aliphatic imine (C=N–C) groups is 1. The van der Waals surface area contributed by atoms with Gasteiger partial charge in [0.2, 0.25) is 5.96 Å². The van der Waals surface area contributed by atoms with Gasteiger partial charge in [-0.15, -0.1) is 0 Å². The van der Waals surface area contributed by atoms with E-state index in [1.807, 2.05) is 54.6 Å². The molecule has 1 unspecified atom stereocenters. The number of halogens is 1. The van der Waals surface area contributed by atoms with E-state index in [0.29, 0.717) is 5.71 Å². The molecule has 0 fully saturated rings. The van der Waals surface area contributed by atoms with Crippen molar-refractivity contribution < 1.29 is 0 Å². The van der Waals surface area contributed by atoms with Gasteiger partial charge in [0.25, 0.3) is 0 Å². The average Bonchev–Trinajstić information content (AvgIpc) is 2.48. The summed E-state index contributed by atoms with van der Waals surface area (Å²) in [5.41, 5.74) is 16.3. The highest BCUT2D eigenvalue weighted by Crippen LogP contribution is 2.27. The molecule has 1 aliphatic rings. The number of guanidine groups is 1. The fourth-order valence-corrected chi connectivity index (χ4v) is 2.61. The molecular formula is C15H14IN5. The van der Waals surface area contributed by atoms with E-state index >= 15 is 0 Å². The summed E-state index contributed by atoms with van der Waals surface area (Å²) < 4.78 is 1.13. The zero-order valence-corrected chi connectivity index (χ0v) is 13.3. The molecule has 0 amide bonds. The second kappa shape index (κ2) is 5.45. The van der Waals surface area contributed by atoms with Crippen LogP contribution in [0.4, 0.5) is 0 Å². The van der Waals surface area contributed by atoms with Gasteiger partial charge < -0.3 is 5.73 Å². The zero-order valence-electron chi connectivity index (χ0n) is 11.1. The third kappa shape index (κ3) is 2.64. The Morgan fingerprint density at radius 1 is 1.00 bits per heavy atom. The first kappa shape index (κ1) is 14.0. The molecule has 0 aliphatic carbocycles. The van der Waals surface area contributed by atoms with Crippen LogP contribution >= 0.6 is 22.6 Å². The van der Waals surface area contributed by atoms with Crippen LogP contribution in [0, 0.1) is 3.57 Å².